The number of nitrogens with zero attached hydrogens (tertiary/aromatic N) is 3. The van der Waals surface area contributed by atoms with Crippen LogP contribution in [-0.2, 0) is 6.54 Å². The van der Waals surface area contributed by atoms with Gasteiger partial charge >= 0.3 is 0 Å². The summed E-state index contributed by atoms with van der Waals surface area (Å²) in [5.74, 6) is 1.07. The Hall–Kier alpha value is -4.20. The van der Waals surface area contributed by atoms with Crippen LogP contribution in [0.5, 0.6) is 11.5 Å². The van der Waals surface area contributed by atoms with Gasteiger partial charge in [-0.2, -0.15) is 0 Å². The summed E-state index contributed by atoms with van der Waals surface area (Å²) in [6.45, 7) is 0.102. The van der Waals surface area contributed by atoms with Crippen LogP contribution in [0.2, 0.25) is 0 Å². The van der Waals surface area contributed by atoms with E-state index in [2.05, 4.69) is 15.3 Å². The zero-order valence-electron chi connectivity index (χ0n) is 19.4. The average Bonchev–Trinajstić information content (AvgIpc) is 2.88. The molecule has 1 heterocycles. The van der Waals surface area contributed by atoms with Crippen LogP contribution in [0.1, 0.15) is 15.9 Å². The summed E-state index contributed by atoms with van der Waals surface area (Å²) >= 11 is 0. The van der Waals surface area contributed by atoms with E-state index >= 15 is 0 Å². The molecule has 0 fully saturated rings. The van der Waals surface area contributed by atoms with Crippen LogP contribution in [0.4, 0.5) is 10.2 Å². The van der Waals surface area contributed by atoms with Gasteiger partial charge in [-0.1, -0.05) is 12.1 Å². The number of hydrogen-bond acceptors (Lipinski definition) is 6. The zero-order chi connectivity index (χ0) is 24.2. The van der Waals surface area contributed by atoms with Crippen LogP contribution in [-0.4, -0.2) is 49.1 Å². The molecule has 0 aliphatic heterocycles. The molecule has 0 radical (unpaired) electrons. The van der Waals surface area contributed by atoms with Crippen LogP contribution in [0.25, 0.3) is 22.0 Å². The average molecular weight is 461 g/mol. The van der Waals surface area contributed by atoms with Crippen LogP contribution >= 0.6 is 0 Å². The first-order valence-electron chi connectivity index (χ1n) is 10.6. The highest BCUT2D eigenvalue weighted by Crippen LogP contribution is 2.30. The molecule has 4 rings (SSSR count). The van der Waals surface area contributed by atoms with E-state index in [-0.39, 0.29) is 18.3 Å². The summed E-state index contributed by atoms with van der Waals surface area (Å²) in [4.78, 5) is 23.0. The number of nitrogens with one attached hydrogen (secondary N) is 1. The summed E-state index contributed by atoms with van der Waals surface area (Å²) in [7, 11) is 6.48. The Morgan fingerprint density at radius 3 is 2.44 bits per heavy atom. The summed E-state index contributed by atoms with van der Waals surface area (Å²) < 4.78 is 25.2. The van der Waals surface area contributed by atoms with Gasteiger partial charge in [0.15, 0.2) is 11.5 Å². The van der Waals surface area contributed by atoms with Gasteiger partial charge in [-0.25, -0.2) is 14.4 Å². The molecule has 1 N–H and O–H groups in total. The number of hydrogen-bond donors (Lipinski definition) is 1. The molecule has 1 aromatic heterocycles. The molecule has 0 aliphatic rings. The number of carbonyl (C=O) groups is 1. The third-order valence-corrected chi connectivity index (χ3v) is 5.64. The fraction of sp³-hybridized carbons (Fsp3) is 0.192. The number of amides is 1. The van der Waals surface area contributed by atoms with Gasteiger partial charge in [0.25, 0.3) is 5.91 Å². The van der Waals surface area contributed by atoms with Crippen LogP contribution in [0, 0.1) is 5.82 Å². The maximum Gasteiger partial charge on any atom is 0.254 e. The third-order valence-electron chi connectivity index (χ3n) is 5.64. The first-order chi connectivity index (χ1) is 16.4. The van der Waals surface area contributed by atoms with Crippen molar-refractivity contribution in [2.24, 2.45) is 0 Å². The number of carbonyl (C=O) groups excluding carboxylic acids is 1. The van der Waals surface area contributed by atoms with Crippen LogP contribution < -0.4 is 14.8 Å². The maximum atomic E-state index is 14.7. The summed E-state index contributed by atoms with van der Waals surface area (Å²) in [6, 6.07) is 15.7. The molecule has 34 heavy (non-hydrogen) atoms. The first kappa shape index (κ1) is 23.0. The van der Waals surface area contributed by atoms with Crippen LogP contribution in [0.3, 0.4) is 0 Å². The van der Waals surface area contributed by atoms with Gasteiger partial charge < -0.3 is 19.7 Å². The van der Waals surface area contributed by atoms with Gasteiger partial charge in [0.2, 0.25) is 0 Å². The molecule has 0 aliphatic carbocycles. The number of fused-ring (bicyclic) bond motifs is 1. The normalized spacial score (nSPS) is 10.7. The molecule has 174 valence electrons. The molecule has 0 saturated carbocycles. The van der Waals surface area contributed by atoms with Gasteiger partial charge in [-0.3, -0.25) is 4.79 Å². The molecule has 4 aromatic rings. The summed E-state index contributed by atoms with van der Waals surface area (Å²) in [5.41, 5.74) is 3.37. The summed E-state index contributed by atoms with van der Waals surface area (Å²) in [6.07, 6.45) is 1.51. The number of methoxy groups -OCH3 is 2. The minimum absolute atomic E-state index is 0.102. The molecule has 0 saturated heterocycles. The van der Waals surface area contributed by atoms with Crippen molar-refractivity contribution in [3.8, 4) is 22.6 Å². The van der Waals surface area contributed by atoms with Gasteiger partial charge in [0.1, 0.15) is 18.0 Å². The predicted molar refractivity (Wildman–Crippen MR) is 130 cm³/mol. The number of benzene rings is 3. The SMILES string of the molecule is CNc1ncnc2ccc(-c3ccc(F)c(CN(C)C(=O)c4ccc(OC)c(OC)c4)c3)cc12. The number of rotatable bonds is 7. The Morgan fingerprint density at radius 1 is 0.971 bits per heavy atom. The fourth-order valence-electron chi connectivity index (χ4n) is 3.83. The van der Waals surface area contributed by atoms with Gasteiger partial charge in [-0.05, 0) is 53.6 Å². The molecule has 8 heteroatoms. The highest BCUT2D eigenvalue weighted by molar-refractivity contribution is 5.95. The van der Waals surface area contributed by atoms with Gasteiger partial charge in [0, 0.05) is 37.2 Å². The molecule has 7 nitrogen and oxygen atoms in total. The van der Waals surface area contributed by atoms with Crippen molar-refractivity contribution in [3.63, 3.8) is 0 Å². The van der Waals surface area contributed by atoms with E-state index in [1.807, 2.05) is 18.2 Å². The summed E-state index contributed by atoms with van der Waals surface area (Å²) in [5, 5.41) is 3.94. The van der Waals surface area contributed by atoms with Crippen LogP contribution in [0.15, 0.2) is 60.9 Å². The van der Waals surface area contributed by atoms with E-state index in [9.17, 15) is 9.18 Å². The zero-order valence-corrected chi connectivity index (χ0v) is 19.4. The second kappa shape index (κ2) is 9.74. The fourth-order valence-corrected chi connectivity index (χ4v) is 3.83. The molecular weight excluding hydrogens is 435 g/mol. The Morgan fingerprint density at radius 2 is 1.71 bits per heavy atom. The van der Waals surface area contributed by atoms with E-state index in [0.29, 0.717) is 22.6 Å². The molecule has 0 unspecified atom stereocenters. The van der Waals surface area contributed by atoms with Crippen molar-refractivity contribution in [2.75, 3.05) is 33.6 Å². The lowest BCUT2D eigenvalue weighted by Gasteiger charge is -2.19. The second-order valence-corrected chi connectivity index (χ2v) is 7.74. The number of anilines is 1. The molecule has 0 atom stereocenters. The monoisotopic (exact) mass is 460 g/mol. The highest BCUT2D eigenvalue weighted by atomic mass is 19.1. The van der Waals surface area contributed by atoms with Crippen molar-refractivity contribution in [1.82, 2.24) is 14.9 Å². The second-order valence-electron chi connectivity index (χ2n) is 7.74. The van der Waals surface area contributed by atoms with Crippen molar-refractivity contribution < 1.29 is 18.7 Å². The number of aromatic nitrogens is 2. The lowest BCUT2D eigenvalue weighted by molar-refractivity contribution is 0.0783. The molecule has 1 amide bonds. The third kappa shape index (κ3) is 4.47. The van der Waals surface area contributed by atoms with Crippen molar-refractivity contribution in [2.45, 2.75) is 6.54 Å². The van der Waals surface area contributed by atoms with E-state index in [1.54, 1.807) is 44.4 Å². The molecule has 3 aromatic carbocycles. The minimum Gasteiger partial charge on any atom is -0.493 e. The minimum atomic E-state index is -0.379. The quantitative estimate of drug-likeness (QED) is 0.428. The van der Waals surface area contributed by atoms with Crippen molar-refractivity contribution >= 4 is 22.6 Å². The van der Waals surface area contributed by atoms with Gasteiger partial charge in [-0.15, -0.1) is 0 Å². The Kier molecular flexibility index (Phi) is 6.58. The van der Waals surface area contributed by atoms with E-state index in [1.165, 1.54) is 31.5 Å². The predicted octanol–water partition coefficient (Wildman–Crippen LogP) is 4.77. The number of halogens is 1. The van der Waals surface area contributed by atoms with E-state index in [4.69, 9.17) is 9.47 Å². The Bertz CT molecular complexity index is 1360. The maximum absolute atomic E-state index is 14.7. The standard InChI is InChI=1S/C26H25FN4O3/c1-28-25-20-12-17(6-9-22(20)29-15-30-25)16-5-8-21(27)19(11-16)14-31(2)26(32)18-7-10-23(33-3)24(13-18)34-4/h5-13,15H,14H2,1-4H3,(H,28,29,30). The largest absolute Gasteiger partial charge is 0.493 e. The lowest BCUT2D eigenvalue weighted by atomic mass is 10.0. The van der Waals surface area contributed by atoms with E-state index < -0.39 is 0 Å². The smallest absolute Gasteiger partial charge is 0.254 e. The molecule has 0 spiro atoms. The lowest BCUT2D eigenvalue weighted by Crippen LogP contribution is -2.26. The molecular formula is C26H25FN4O3. The van der Waals surface area contributed by atoms with Crippen molar-refractivity contribution in [1.29, 1.82) is 0 Å². The van der Waals surface area contributed by atoms with Crippen molar-refractivity contribution in [3.05, 3.63) is 77.9 Å². The van der Waals surface area contributed by atoms with E-state index in [0.717, 1.165) is 27.8 Å². The van der Waals surface area contributed by atoms with Gasteiger partial charge in [0.05, 0.1) is 19.7 Å². The topological polar surface area (TPSA) is 76.6 Å². The number of ether oxygens (including phenoxy) is 2. The highest BCUT2D eigenvalue weighted by Gasteiger charge is 2.17. The first-order valence-corrected chi connectivity index (χ1v) is 10.6. The Balaban J connectivity index is 1.61. The molecule has 0 bridgehead atoms. The Labute approximate surface area is 197 Å².